The highest BCUT2D eigenvalue weighted by Crippen LogP contribution is 2.42. The highest BCUT2D eigenvalue weighted by Gasteiger charge is 2.21. The summed E-state index contributed by atoms with van der Waals surface area (Å²) in [5, 5.41) is 20.1. The maximum atomic E-state index is 11.3. The Labute approximate surface area is 434 Å². The van der Waals surface area contributed by atoms with Crippen LogP contribution in [0, 0.1) is 10.1 Å². The number of nitro groups is 1. The molecule has 0 atom stereocenters. The molecule has 0 aliphatic heterocycles. The molecule has 1 heterocycles. The number of rotatable bonds is 51. The minimum absolute atomic E-state index is 0.0133. The Balaban J connectivity index is 1.60. The minimum atomic E-state index is -0.410. The van der Waals surface area contributed by atoms with Crippen molar-refractivity contribution in [3.8, 4) is 40.2 Å². The van der Waals surface area contributed by atoms with E-state index in [1.54, 1.807) is 12.1 Å². The number of aromatic nitrogens is 2. The molecule has 2 aromatic carbocycles. The van der Waals surface area contributed by atoms with Gasteiger partial charge in [-0.15, -0.1) is 10.2 Å². The van der Waals surface area contributed by atoms with E-state index < -0.39 is 4.92 Å². The van der Waals surface area contributed by atoms with Gasteiger partial charge in [0.1, 0.15) is 0 Å². The number of nitrogens with zero attached hydrogens (tertiary/aromatic N) is 3. The summed E-state index contributed by atoms with van der Waals surface area (Å²) in [7, 11) is 0. The summed E-state index contributed by atoms with van der Waals surface area (Å²) in [6.45, 7) is 8.65. The van der Waals surface area contributed by atoms with Gasteiger partial charge in [-0.1, -0.05) is 271 Å². The van der Waals surface area contributed by atoms with Crippen molar-refractivity contribution in [2.45, 2.75) is 290 Å². The third-order valence-electron chi connectivity index (χ3n) is 14.3. The molecule has 3 rings (SSSR count). The van der Waals surface area contributed by atoms with E-state index in [2.05, 4.69) is 31.0 Å². The van der Waals surface area contributed by atoms with Gasteiger partial charge in [-0.05, 0) is 43.5 Å². The van der Waals surface area contributed by atoms with Crippen molar-refractivity contribution >= 4 is 5.69 Å². The Morgan fingerprint density at radius 2 is 0.648 bits per heavy atom. The van der Waals surface area contributed by atoms with Crippen molar-refractivity contribution < 1.29 is 23.6 Å². The van der Waals surface area contributed by atoms with Crippen molar-refractivity contribution in [2.24, 2.45) is 0 Å². The molecule has 0 bridgehead atoms. The number of hydrogen-bond donors (Lipinski definition) is 0. The lowest BCUT2D eigenvalue weighted by atomic mass is 10.0. The summed E-state index contributed by atoms with van der Waals surface area (Å²) in [6, 6.07) is 10.1. The molecule has 0 unspecified atom stereocenters. The third-order valence-corrected chi connectivity index (χ3v) is 14.3. The first kappa shape index (κ1) is 61.7. The SMILES string of the molecule is CCCCCCCCCCCCCCCCOc1cc(-c2nnc(-c3ccc([N+](=O)[O-])cc3)o2)cc(OCCCCCCCCCCCCCCCC)c1OCCCCCCCCCCCCCCCC. The minimum Gasteiger partial charge on any atom is -0.490 e. The van der Waals surface area contributed by atoms with Crippen LogP contribution in [0.2, 0.25) is 0 Å². The van der Waals surface area contributed by atoms with Crippen LogP contribution in [-0.4, -0.2) is 34.9 Å². The molecular formula is C62H105N3O6. The predicted molar refractivity (Wildman–Crippen MR) is 299 cm³/mol. The summed E-state index contributed by atoms with van der Waals surface area (Å²) < 4.78 is 26.1. The number of nitro benzene ring substituents is 1. The number of unbranched alkanes of at least 4 members (excludes halogenated alkanes) is 39. The Morgan fingerprint density at radius 3 is 0.944 bits per heavy atom. The van der Waals surface area contributed by atoms with E-state index in [9.17, 15) is 10.1 Å². The lowest BCUT2D eigenvalue weighted by Crippen LogP contribution is -2.07. The zero-order valence-electron chi connectivity index (χ0n) is 46.1. The fourth-order valence-electron chi connectivity index (χ4n) is 9.67. The highest BCUT2D eigenvalue weighted by molar-refractivity contribution is 5.67. The second kappa shape index (κ2) is 43.9. The van der Waals surface area contributed by atoms with Crippen molar-refractivity contribution in [1.29, 1.82) is 0 Å². The van der Waals surface area contributed by atoms with Gasteiger partial charge in [0.05, 0.1) is 24.7 Å². The molecule has 3 aromatic rings. The van der Waals surface area contributed by atoms with Gasteiger partial charge < -0.3 is 18.6 Å². The van der Waals surface area contributed by atoms with Crippen LogP contribution in [0.15, 0.2) is 40.8 Å². The van der Waals surface area contributed by atoms with Gasteiger partial charge in [-0.3, -0.25) is 10.1 Å². The Kier molecular flexibility index (Phi) is 38.2. The van der Waals surface area contributed by atoms with E-state index in [1.807, 2.05) is 12.1 Å². The van der Waals surface area contributed by atoms with Crippen LogP contribution in [-0.2, 0) is 0 Å². The van der Waals surface area contributed by atoms with Gasteiger partial charge >= 0.3 is 0 Å². The van der Waals surface area contributed by atoms with Crippen LogP contribution in [0.5, 0.6) is 17.2 Å². The van der Waals surface area contributed by atoms with Crippen molar-refractivity contribution in [3.05, 3.63) is 46.5 Å². The van der Waals surface area contributed by atoms with Crippen LogP contribution in [0.3, 0.4) is 0 Å². The average Bonchev–Trinajstić information content (AvgIpc) is 3.88. The Hall–Kier alpha value is -3.62. The summed E-state index contributed by atoms with van der Waals surface area (Å²) in [4.78, 5) is 10.9. The maximum absolute atomic E-state index is 11.3. The first-order chi connectivity index (χ1) is 35.1. The second-order valence-corrected chi connectivity index (χ2v) is 20.9. The Morgan fingerprint density at radius 1 is 0.380 bits per heavy atom. The molecule has 71 heavy (non-hydrogen) atoms. The summed E-state index contributed by atoms with van der Waals surface area (Å²) >= 11 is 0. The van der Waals surface area contributed by atoms with Gasteiger partial charge in [0.2, 0.25) is 17.5 Å². The quantitative estimate of drug-likeness (QED) is 0.0312. The zero-order valence-corrected chi connectivity index (χ0v) is 46.1. The molecule has 0 aliphatic carbocycles. The van der Waals surface area contributed by atoms with E-state index in [1.165, 1.54) is 243 Å². The first-order valence-electron chi connectivity index (χ1n) is 30.2. The van der Waals surface area contributed by atoms with Crippen LogP contribution in [0.4, 0.5) is 5.69 Å². The maximum Gasteiger partial charge on any atom is 0.269 e. The van der Waals surface area contributed by atoms with Gasteiger partial charge in [0.25, 0.3) is 5.69 Å². The third kappa shape index (κ3) is 30.9. The lowest BCUT2D eigenvalue weighted by Gasteiger charge is -2.18. The Bertz CT molecular complexity index is 1620. The van der Waals surface area contributed by atoms with E-state index in [-0.39, 0.29) is 5.69 Å². The smallest absolute Gasteiger partial charge is 0.269 e. The predicted octanol–water partition coefficient (Wildman–Crippen LogP) is 20.9. The molecule has 0 saturated carbocycles. The summed E-state index contributed by atoms with van der Waals surface area (Å²) in [5.74, 6) is 2.58. The van der Waals surface area contributed by atoms with Gasteiger partial charge in [-0.25, -0.2) is 0 Å². The average molecular weight is 989 g/mol. The topological polar surface area (TPSA) is 110 Å². The summed E-state index contributed by atoms with van der Waals surface area (Å²) in [5.41, 5.74) is 1.33. The van der Waals surface area contributed by atoms with Crippen LogP contribution in [0.25, 0.3) is 22.9 Å². The van der Waals surface area contributed by atoms with Crippen molar-refractivity contribution in [2.75, 3.05) is 19.8 Å². The lowest BCUT2D eigenvalue weighted by molar-refractivity contribution is -0.384. The molecule has 0 fully saturated rings. The number of benzene rings is 2. The van der Waals surface area contributed by atoms with Gasteiger partial charge in [0, 0.05) is 23.3 Å². The molecule has 0 N–H and O–H groups in total. The number of hydrogen-bond acceptors (Lipinski definition) is 8. The first-order valence-corrected chi connectivity index (χ1v) is 30.2. The summed E-state index contributed by atoms with van der Waals surface area (Å²) in [6.07, 6.45) is 55.1. The molecule has 404 valence electrons. The number of non-ortho nitro benzene ring substituents is 1. The standard InChI is InChI=1S/C62H105N3O6/c1-4-7-10-13-16-19-22-25-28-31-34-37-40-43-50-68-58-53-56(62-64-63-61(71-62)55-46-48-57(49-47-55)65(66)67)54-59(69-51-44-41-38-35-32-29-26-23-20-17-14-11-8-5-2)60(58)70-52-45-42-39-36-33-30-27-24-21-18-15-12-9-6-3/h46-49,53-54H,4-45,50-52H2,1-3H3. The number of ether oxygens (including phenoxy) is 3. The normalized spacial score (nSPS) is 11.4. The zero-order chi connectivity index (χ0) is 50.5. The highest BCUT2D eigenvalue weighted by atomic mass is 16.6. The fourth-order valence-corrected chi connectivity index (χ4v) is 9.67. The molecule has 0 spiro atoms. The molecule has 9 nitrogen and oxygen atoms in total. The second-order valence-electron chi connectivity index (χ2n) is 20.9. The molecule has 0 amide bonds. The van der Waals surface area contributed by atoms with Gasteiger partial charge in [-0.2, -0.15) is 0 Å². The fraction of sp³-hybridized carbons (Fsp3) is 0.774. The van der Waals surface area contributed by atoms with Crippen LogP contribution in [0.1, 0.15) is 290 Å². The largest absolute Gasteiger partial charge is 0.490 e. The molecule has 0 radical (unpaired) electrons. The van der Waals surface area contributed by atoms with Crippen LogP contribution < -0.4 is 14.2 Å². The molecule has 0 saturated heterocycles. The van der Waals surface area contributed by atoms with Gasteiger partial charge in [0.15, 0.2) is 11.5 Å². The van der Waals surface area contributed by atoms with Crippen molar-refractivity contribution in [1.82, 2.24) is 10.2 Å². The van der Waals surface area contributed by atoms with E-state index in [4.69, 9.17) is 18.6 Å². The molecule has 0 aliphatic rings. The molecule has 1 aromatic heterocycles. The molecule has 9 heteroatoms. The van der Waals surface area contributed by atoms with E-state index in [0.29, 0.717) is 60.0 Å². The van der Waals surface area contributed by atoms with Crippen molar-refractivity contribution in [3.63, 3.8) is 0 Å². The molecular weight excluding hydrogens is 883 g/mol. The van der Waals surface area contributed by atoms with E-state index in [0.717, 1.165) is 38.5 Å². The van der Waals surface area contributed by atoms with E-state index >= 15 is 0 Å². The monoisotopic (exact) mass is 988 g/mol. The van der Waals surface area contributed by atoms with Crippen LogP contribution >= 0.6 is 0 Å².